The first-order valence-electron chi connectivity index (χ1n) is 6.60. The third-order valence-corrected chi connectivity index (χ3v) is 3.64. The molecule has 2 aromatic carbocycles. The number of likely N-dealkylation sites (N-methyl/N-ethyl adjacent to an activating group) is 1. The van der Waals surface area contributed by atoms with Crippen LogP contribution in [0.4, 0.5) is 5.69 Å². The number of hydrogen-bond acceptors (Lipinski definition) is 3. The van der Waals surface area contributed by atoms with E-state index in [0.717, 1.165) is 28.0 Å². The molecule has 0 atom stereocenters. The first-order chi connectivity index (χ1) is 10.1. The van der Waals surface area contributed by atoms with E-state index in [1.165, 1.54) is 0 Å². The lowest BCUT2D eigenvalue weighted by atomic mass is 10.2. The molecule has 0 fully saturated rings. The van der Waals surface area contributed by atoms with Gasteiger partial charge in [0.05, 0.1) is 6.54 Å². The minimum atomic E-state index is 0.0800. The molecular weight excluding hydrogens is 330 g/mol. The molecule has 0 spiro atoms. The van der Waals surface area contributed by atoms with Crippen molar-refractivity contribution in [1.29, 1.82) is 5.41 Å². The molecule has 2 aromatic rings. The smallest absolute Gasteiger partial charge is 0.122 e. The number of nitrogens with two attached hydrogens (primary N) is 1. The maximum atomic E-state index is 7.47. The summed E-state index contributed by atoms with van der Waals surface area (Å²) in [6.45, 7) is 1.33. The number of benzene rings is 2. The molecule has 0 aliphatic carbocycles. The fourth-order valence-electron chi connectivity index (χ4n) is 1.87. The number of amidine groups is 1. The van der Waals surface area contributed by atoms with Gasteiger partial charge in [0.2, 0.25) is 0 Å². The van der Waals surface area contributed by atoms with Crippen LogP contribution in [0.3, 0.4) is 0 Å². The van der Waals surface area contributed by atoms with E-state index in [1.807, 2.05) is 55.6 Å². The monoisotopic (exact) mass is 347 g/mol. The number of nitrogens with one attached hydrogen (secondary N) is 1. The van der Waals surface area contributed by atoms with Gasteiger partial charge in [-0.3, -0.25) is 5.41 Å². The van der Waals surface area contributed by atoms with Gasteiger partial charge in [0.1, 0.15) is 18.2 Å². The summed E-state index contributed by atoms with van der Waals surface area (Å²) in [5, 5.41) is 7.47. The van der Waals surface area contributed by atoms with Crippen LogP contribution in [0.15, 0.2) is 53.0 Å². The topological polar surface area (TPSA) is 62.3 Å². The molecule has 0 unspecified atom stereocenters. The summed E-state index contributed by atoms with van der Waals surface area (Å²) in [4.78, 5) is 2.07. The molecule has 21 heavy (non-hydrogen) atoms. The van der Waals surface area contributed by atoms with Gasteiger partial charge in [-0.05, 0) is 36.4 Å². The molecule has 0 saturated heterocycles. The van der Waals surface area contributed by atoms with Crippen molar-refractivity contribution in [1.82, 2.24) is 0 Å². The van der Waals surface area contributed by atoms with Crippen LogP contribution in [0.5, 0.6) is 5.75 Å². The van der Waals surface area contributed by atoms with Gasteiger partial charge in [-0.2, -0.15) is 0 Å². The molecule has 5 heteroatoms. The van der Waals surface area contributed by atoms with Gasteiger partial charge >= 0.3 is 0 Å². The highest BCUT2D eigenvalue weighted by Gasteiger charge is 2.04. The highest BCUT2D eigenvalue weighted by molar-refractivity contribution is 9.10. The zero-order valence-corrected chi connectivity index (χ0v) is 13.4. The maximum absolute atomic E-state index is 7.47. The van der Waals surface area contributed by atoms with Crippen molar-refractivity contribution in [2.75, 3.05) is 25.1 Å². The van der Waals surface area contributed by atoms with Gasteiger partial charge in [-0.25, -0.2) is 0 Å². The second-order valence-electron chi connectivity index (χ2n) is 4.69. The SMILES string of the molecule is CN(CCOc1ccc(Br)cc1)c1cccc(C(=N)N)c1. The zero-order chi connectivity index (χ0) is 15.2. The third-order valence-electron chi connectivity index (χ3n) is 3.11. The van der Waals surface area contributed by atoms with Crippen LogP contribution in [0.25, 0.3) is 0 Å². The summed E-state index contributed by atoms with van der Waals surface area (Å²) in [5.74, 6) is 0.931. The van der Waals surface area contributed by atoms with E-state index in [2.05, 4.69) is 20.8 Å². The summed E-state index contributed by atoms with van der Waals surface area (Å²) < 4.78 is 6.74. The van der Waals surface area contributed by atoms with Crippen LogP contribution in [0.1, 0.15) is 5.56 Å². The lowest BCUT2D eigenvalue weighted by molar-refractivity contribution is 0.326. The van der Waals surface area contributed by atoms with Crippen molar-refractivity contribution in [2.24, 2.45) is 5.73 Å². The van der Waals surface area contributed by atoms with E-state index < -0.39 is 0 Å². The Morgan fingerprint density at radius 3 is 2.62 bits per heavy atom. The summed E-state index contributed by atoms with van der Waals surface area (Å²) in [7, 11) is 1.99. The molecule has 0 heterocycles. The largest absolute Gasteiger partial charge is 0.492 e. The fourth-order valence-corrected chi connectivity index (χ4v) is 2.14. The normalized spacial score (nSPS) is 10.2. The van der Waals surface area contributed by atoms with Crippen LogP contribution in [0, 0.1) is 5.41 Å². The van der Waals surface area contributed by atoms with E-state index in [-0.39, 0.29) is 5.84 Å². The average molecular weight is 348 g/mol. The first-order valence-corrected chi connectivity index (χ1v) is 7.39. The maximum Gasteiger partial charge on any atom is 0.122 e. The average Bonchev–Trinajstić information content (AvgIpc) is 2.49. The molecule has 4 nitrogen and oxygen atoms in total. The predicted octanol–water partition coefficient (Wildman–Crippen LogP) is 3.25. The van der Waals surface area contributed by atoms with Crippen molar-refractivity contribution in [3.8, 4) is 5.75 Å². The second kappa shape index (κ2) is 7.13. The summed E-state index contributed by atoms with van der Waals surface area (Å²) in [6.07, 6.45) is 0. The molecular formula is C16H18BrN3O. The summed E-state index contributed by atoms with van der Waals surface area (Å²) in [6, 6.07) is 15.4. The molecule has 0 aromatic heterocycles. The lowest BCUT2D eigenvalue weighted by Gasteiger charge is -2.20. The van der Waals surface area contributed by atoms with E-state index in [1.54, 1.807) is 0 Å². The van der Waals surface area contributed by atoms with Gasteiger partial charge in [-0.15, -0.1) is 0 Å². The summed E-state index contributed by atoms with van der Waals surface area (Å²) in [5.41, 5.74) is 7.25. The highest BCUT2D eigenvalue weighted by atomic mass is 79.9. The molecule has 0 saturated carbocycles. The van der Waals surface area contributed by atoms with Gasteiger partial charge in [-0.1, -0.05) is 28.1 Å². The fraction of sp³-hybridized carbons (Fsp3) is 0.188. The Morgan fingerprint density at radius 1 is 1.24 bits per heavy atom. The molecule has 0 amide bonds. The van der Waals surface area contributed by atoms with Gasteiger partial charge in [0, 0.05) is 22.8 Å². The van der Waals surface area contributed by atoms with E-state index in [0.29, 0.717) is 6.61 Å². The standard InChI is InChI=1S/C16H18BrN3O/c1-20(14-4-2-3-12(11-14)16(18)19)9-10-21-15-7-5-13(17)6-8-15/h2-8,11H,9-10H2,1H3,(H3,18,19). The van der Waals surface area contributed by atoms with Crippen LogP contribution in [-0.4, -0.2) is 26.0 Å². The van der Waals surface area contributed by atoms with Crippen LogP contribution in [0.2, 0.25) is 0 Å². The number of anilines is 1. The Bertz CT molecular complexity index is 613. The van der Waals surface area contributed by atoms with E-state index >= 15 is 0 Å². The first kappa shape index (κ1) is 15.4. The molecule has 3 N–H and O–H groups in total. The minimum Gasteiger partial charge on any atom is -0.492 e. The van der Waals surface area contributed by atoms with Crippen molar-refractivity contribution >= 4 is 27.5 Å². The molecule has 110 valence electrons. The highest BCUT2D eigenvalue weighted by Crippen LogP contribution is 2.17. The van der Waals surface area contributed by atoms with Crippen molar-refractivity contribution in [3.63, 3.8) is 0 Å². The molecule has 0 aliphatic heterocycles. The van der Waals surface area contributed by atoms with E-state index in [4.69, 9.17) is 15.9 Å². The predicted molar refractivity (Wildman–Crippen MR) is 90.4 cm³/mol. The Morgan fingerprint density at radius 2 is 1.95 bits per heavy atom. The Labute approximate surface area is 133 Å². The Balaban J connectivity index is 1.89. The number of nitrogen functional groups attached to an aromatic ring is 1. The molecule has 0 bridgehead atoms. The van der Waals surface area contributed by atoms with Gasteiger partial charge in [0.25, 0.3) is 0 Å². The number of rotatable bonds is 6. The van der Waals surface area contributed by atoms with Crippen LogP contribution < -0.4 is 15.4 Å². The van der Waals surface area contributed by atoms with Crippen molar-refractivity contribution in [2.45, 2.75) is 0 Å². The van der Waals surface area contributed by atoms with Gasteiger partial charge in [0.15, 0.2) is 0 Å². The quantitative estimate of drug-likeness (QED) is 0.622. The molecule has 0 radical (unpaired) electrons. The van der Waals surface area contributed by atoms with Crippen LogP contribution in [-0.2, 0) is 0 Å². The number of nitrogens with zero attached hydrogens (tertiary/aromatic N) is 1. The second-order valence-corrected chi connectivity index (χ2v) is 5.60. The Kier molecular flexibility index (Phi) is 5.22. The Hall–Kier alpha value is -2.01. The third kappa shape index (κ3) is 4.49. The number of ether oxygens (including phenoxy) is 1. The van der Waals surface area contributed by atoms with Crippen molar-refractivity contribution in [3.05, 3.63) is 58.6 Å². The summed E-state index contributed by atoms with van der Waals surface area (Å²) >= 11 is 3.39. The molecule has 2 rings (SSSR count). The van der Waals surface area contributed by atoms with Crippen molar-refractivity contribution < 1.29 is 4.74 Å². The minimum absolute atomic E-state index is 0.0800. The number of hydrogen-bond donors (Lipinski definition) is 2. The zero-order valence-electron chi connectivity index (χ0n) is 11.8. The van der Waals surface area contributed by atoms with Crippen LogP contribution >= 0.6 is 15.9 Å². The molecule has 0 aliphatic rings. The lowest BCUT2D eigenvalue weighted by Crippen LogP contribution is -2.24. The van der Waals surface area contributed by atoms with Gasteiger partial charge < -0.3 is 15.4 Å². The number of halogens is 1. The van der Waals surface area contributed by atoms with E-state index in [9.17, 15) is 0 Å².